The van der Waals surface area contributed by atoms with E-state index in [1.807, 2.05) is 4.90 Å². The van der Waals surface area contributed by atoms with Crippen molar-refractivity contribution in [1.29, 1.82) is 0 Å². The number of aromatic nitrogens is 2. The van der Waals surface area contributed by atoms with Gasteiger partial charge in [0, 0.05) is 41.5 Å². The van der Waals surface area contributed by atoms with Gasteiger partial charge in [-0.1, -0.05) is 18.2 Å². The number of hydrogen-bond donors (Lipinski definition) is 1. The van der Waals surface area contributed by atoms with Gasteiger partial charge in [-0.15, -0.1) is 11.8 Å². The van der Waals surface area contributed by atoms with Gasteiger partial charge in [0.1, 0.15) is 0 Å². The number of morpholine rings is 1. The van der Waals surface area contributed by atoms with Crippen LogP contribution in [0.1, 0.15) is 47.8 Å². The summed E-state index contributed by atoms with van der Waals surface area (Å²) in [6.45, 7) is 2.72. The Balaban J connectivity index is 1.56. The molecule has 1 saturated heterocycles. The molecule has 1 aromatic carbocycles. The Morgan fingerprint density at radius 2 is 1.93 bits per heavy atom. The van der Waals surface area contributed by atoms with Gasteiger partial charge in [0.2, 0.25) is 0 Å². The number of ether oxygens (including phenoxy) is 1. The minimum absolute atomic E-state index is 0.0346. The van der Waals surface area contributed by atoms with Crippen molar-refractivity contribution in [2.24, 2.45) is 5.92 Å². The van der Waals surface area contributed by atoms with Crippen LogP contribution in [0.2, 0.25) is 0 Å². The summed E-state index contributed by atoms with van der Waals surface area (Å²) in [5.74, 6) is 1.21. The molecule has 2 aliphatic heterocycles. The van der Waals surface area contributed by atoms with Crippen LogP contribution in [0.3, 0.4) is 0 Å². The zero-order valence-corrected chi connectivity index (χ0v) is 17.4. The number of amides is 1. The van der Waals surface area contributed by atoms with E-state index in [1.54, 1.807) is 11.8 Å². The van der Waals surface area contributed by atoms with Crippen LogP contribution in [-0.2, 0) is 10.5 Å². The first-order chi connectivity index (χ1) is 14.3. The van der Waals surface area contributed by atoms with Gasteiger partial charge in [0.05, 0.1) is 24.9 Å². The summed E-state index contributed by atoms with van der Waals surface area (Å²) in [5, 5.41) is 14.5. The number of thioether (sulfide) groups is 1. The van der Waals surface area contributed by atoms with Gasteiger partial charge in [0.25, 0.3) is 5.91 Å². The number of hydrogen-bond acceptors (Lipinski definition) is 5. The summed E-state index contributed by atoms with van der Waals surface area (Å²) in [6.07, 6.45) is 4.03. The van der Waals surface area contributed by atoms with Crippen LogP contribution in [0, 0.1) is 5.92 Å². The quantitative estimate of drug-likeness (QED) is 0.836. The minimum atomic E-state index is 0.0346. The van der Waals surface area contributed by atoms with Crippen LogP contribution in [-0.4, -0.2) is 58.6 Å². The average Bonchev–Trinajstić information content (AvgIpc) is 3.19. The van der Waals surface area contributed by atoms with Gasteiger partial charge < -0.3 is 14.7 Å². The molecular formula is C22H27N3O3S. The summed E-state index contributed by atoms with van der Waals surface area (Å²) < 4.78 is 7.57. The van der Waals surface area contributed by atoms with E-state index >= 15 is 0 Å². The number of carbonyl (C=O) groups is 1. The number of fused-ring (bicyclic) bond motifs is 3. The van der Waals surface area contributed by atoms with Crippen molar-refractivity contribution < 1.29 is 14.6 Å². The first-order valence-electron chi connectivity index (χ1n) is 10.6. The lowest BCUT2D eigenvalue weighted by molar-refractivity contribution is 0.0297. The second-order valence-electron chi connectivity index (χ2n) is 8.17. The monoisotopic (exact) mass is 413 g/mol. The molecule has 3 heterocycles. The third kappa shape index (κ3) is 3.49. The molecule has 3 aliphatic rings. The van der Waals surface area contributed by atoms with E-state index in [4.69, 9.17) is 9.84 Å². The summed E-state index contributed by atoms with van der Waals surface area (Å²) in [7, 11) is 0. The van der Waals surface area contributed by atoms with Crippen LogP contribution >= 0.6 is 11.8 Å². The van der Waals surface area contributed by atoms with Crippen LogP contribution in [0.15, 0.2) is 29.2 Å². The number of aliphatic hydroxyl groups excluding tert-OH is 1. The molecule has 29 heavy (non-hydrogen) atoms. The number of aliphatic hydroxyl groups is 1. The van der Waals surface area contributed by atoms with Gasteiger partial charge in [-0.2, -0.15) is 5.10 Å². The van der Waals surface area contributed by atoms with Crippen molar-refractivity contribution in [2.75, 3.05) is 32.9 Å². The van der Waals surface area contributed by atoms with Crippen molar-refractivity contribution in [1.82, 2.24) is 14.7 Å². The largest absolute Gasteiger partial charge is 0.396 e. The maximum Gasteiger partial charge on any atom is 0.274 e. The molecule has 1 N–H and O–H groups in total. The number of carbonyl (C=O) groups excluding carboxylic acids is 1. The maximum atomic E-state index is 13.3. The third-order valence-corrected chi connectivity index (χ3v) is 7.54. The smallest absolute Gasteiger partial charge is 0.274 e. The first-order valence-corrected chi connectivity index (χ1v) is 11.6. The van der Waals surface area contributed by atoms with Crippen molar-refractivity contribution in [3.05, 3.63) is 35.5 Å². The van der Waals surface area contributed by atoms with Gasteiger partial charge in [-0.05, 0) is 37.7 Å². The van der Waals surface area contributed by atoms with Gasteiger partial charge >= 0.3 is 0 Å². The Hall–Kier alpha value is -1.83. The van der Waals surface area contributed by atoms with E-state index in [2.05, 4.69) is 28.9 Å². The predicted molar refractivity (Wildman–Crippen MR) is 112 cm³/mol. The summed E-state index contributed by atoms with van der Waals surface area (Å²) >= 11 is 1.79. The molecule has 1 aliphatic carbocycles. The topological polar surface area (TPSA) is 67.6 Å². The van der Waals surface area contributed by atoms with E-state index in [9.17, 15) is 9.90 Å². The highest BCUT2D eigenvalue weighted by Gasteiger charge is 2.34. The number of nitrogens with zero attached hydrogens (tertiary/aromatic N) is 3. The highest BCUT2D eigenvalue weighted by molar-refractivity contribution is 7.98. The molecule has 5 rings (SSSR count). The van der Waals surface area contributed by atoms with Crippen molar-refractivity contribution in [3.8, 4) is 11.3 Å². The van der Waals surface area contributed by atoms with Gasteiger partial charge in [0.15, 0.2) is 5.69 Å². The van der Waals surface area contributed by atoms with Gasteiger partial charge in [-0.3, -0.25) is 9.48 Å². The average molecular weight is 414 g/mol. The molecular weight excluding hydrogens is 386 g/mol. The van der Waals surface area contributed by atoms with E-state index in [-0.39, 0.29) is 18.6 Å². The van der Waals surface area contributed by atoms with E-state index in [0.29, 0.717) is 37.9 Å². The summed E-state index contributed by atoms with van der Waals surface area (Å²) in [6, 6.07) is 8.74. The molecule has 1 aromatic heterocycles. The second-order valence-corrected chi connectivity index (χ2v) is 9.18. The fourth-order valence-electron chi connectivity index (χ4n) is 4.75. The molecule has 1 saturated carbocycles. The highest BCUT2D eigenvalue weighted by Crippen LogP contribution is 2.45. The number of benzene rings is 1. The van der Waals surface area contributed by atoms with E-state index in [0.717, 1.165) is 42.7 Å². The molecule has 0 atom stereocenters. The Bertz CT molecular complexity index is 899. The van der Waals surface area contributed by atoms with Crippen LogP contribution in [0.4, 0.5) is 0 Å². The number of rotatable bonds is 3. The Labute approximate surface area is 175 Å². The lowest BCUT2D eigenvalue weighted by Crippen LogP contribution is -2.41. The molecule has 7 heteroatoms. The van der Waals surface area contributed by atoms with Crippen LogP contribution < -0.4 is 0 Å². The lowest BCUT2D eigenvalue weighted by Gasteiger charge is -2.29. The molecule has 2 aromatic rings. The normalized spacial score (nSPS) is 24.1. The molecule has 0 spiro atoms. The third-order valence-electron chi connectivity index (χ3n) is 6.44. The zero-order valence-electron chi connectivity index (χ0n) is 16.5. The van der Waals surface area contributed by atoms with Crippen molar-refractivity contribution >= 4 is 17.7 Å². The molecule has 2 fully saturated rings. The molecule has 0 radical (unpaired) electrons. The highest BCUT2D eigenvalue weighted by atomic mass is 32.2. The fourth-order valence-corrected chi connectivity index (χ4v) is 5.82. The molecule has 0 bridgehead atoms. The lowest BCUT2D eigenvalue weighted by atomic mass is 9.86. The summed E-state index contributed by atoms with van der Waals surface area (Å²) in [4.78, 5) is 16.5. The molecule has 1 amide bonds. The van der Waals surface area contributed by atoms with E-state index in [1.165, 1.54) is 10.5 Å². The van der Waals surface area contributed by atoms with Crippen LogP contribution in [0.5, 0.6) is 0 Å². The minimum Gasteiger partial charge on any atom is -0.396 e. The Morgan fingerprint density at radius 3 is 2.69 bits per heavy atom. The standard InChI is InChI=1S/C22H27N3O3S/c26-13-15-5-7-16(8-6-15)25-21-17-3-1-2-4-19(17)29-14-18(21)20(23-25)22(27)24-9-11-28-12-10-24/h1-4,15-16,26H,5-14H2. The second kappa shape index (κ2) is 8.13. The Morgan fingerprint density at radius 1 is 1.17 bits per heavy atom. The Kier molecular flexibility index (Phi) is 5.37. The predicted octanol–water partition coefficient (Wildman–Crippen LogP) is 3.35. The maximum absolute atomic E-state index is 13.3. The van der Waals surface area contributed by atoms with E-state index < -0.39 is 0 Å². The fraction of sp³-hybridized carbons (Fsp3) is 0.545. The molecule has 0 unspecified atom stereocenters. The van der Waals surface area contributed by atoms with Gasteiger partial charge in [-0.25, -0.2) is 0 Å². The molecule has 6 nitrogen and oxygen atoms in total. The zero-order chi connectivity index (χ0) is 19.8. The first kappa shape index (κ1) is 19.2. The van der Waals surface area contributed by atoms with Crippen molar-refractivity contribution in [3.63, 3.8) is 0 Å². The summed E-state index contributed by atoms with van der Waals surface area (Å²) in [5.41, 5.74) is 4.02. The molecule has 154 valence electrons. The SMILES string of the molecule is O=C(c1nn(C2CCC(CO)CC2)c2c1CSc1ccccc1-2)N1CCOCC1. The van der Waals surface area contributed by atoms with Crippen LogP contribution in [0.25, 0.3) is 11.3 Å². The van der Waals surface area contributed by atoms with Crippen molar-refractivity contribution in [2.45, 2.75) is 42.4 Å².